The maximum absolute atomic E-state index is 5.21. The highest BCUT2D eigenvalue weighted by molar-refractivity contribution is 7.22. The number of hydrogen-bond acceptors (Lipinski definition) is 4. The van der Waals surface area contributed by atoms with E-state index in [9.17, 15) is 0 Å². The number of benzene rings is 1. The van der Waals surface area contributed by atoms with Gasteiger partial charge in [-0.05, 0) is 25.0 Å². The van der Waals surface area contributed by atoms with Gasteiger partial charge in [-0.1, -0.05) is 11.3 Å². The Labute approximate surface area is 98.7 Å². The minimum Gasteiger partial charge on any atom is -0.497 e. The number of rotatable bonds is 2. The van der Waals surface area contributed by atoms with E-state index in [0.29, 0.717) is 0 Å². The van der Waals surface area contributed by atoms with Gasteiger partial charge >= 0.3 is 0 Å². The van der Waals surface area contributed by atoms with Crippen LogP contribution < -0.4 is 9.64 Å². The molecule has 1 aromatic carbocycles. The van der Waals surface area contributed by atoms with E-state index in [1.165, 1.54) is 17.5 Å². The van der Waals surface area contributed by atoms with Crippen LogP contribution >= 0.6 is 11.3 Å². The maximum atomic E-state index is 5.21. The SMILES string of the molecule is COc1ccc2sc(N3CCCC3)nc2c1. The van der Waals surface area contributed by atoms with Gasteiger partial charge in [0.2, 0.25) is 0 Å². The largest absolute Gasteiger partial charge is 0.497 e. The first-order chi connectivity index (χ1) is 7.86. The Kier molecular flexibility index (Phi) is 2.44. The minimum atomic E-state index is 0.880. The number of aromatic nitrogens is 1. The van der Waals surface area contributed by atoms with Crippen molar-refractivity contribution >= 4 is 26.7 Å². The number of methoxy groups -OCH3 is 1. The fourth-order valence-corrected chi connectivity index (χ4v) is 3.06. The van der Waals surface area contributed by atoms with Crippen molar-refractivity contribution in [3.05, 3.63) is 18.2 Å². The molecule has 0 aliphatic carbocycles. The summed E-state index contributed by atoms with van der Waals surface area (Å²) in [7, 11) is 1.69. The van der Waals surface area contributed by atoms with E-state index in [2.05, 4.69) is 16.0 Å². The van der Waals surface area contributed by atoms with E-state index >= 15 is 0 Å². The second kappa shape index (κ2) is 3.94. The van der Waals surface area contributed by atoms with Gasteiger partial charge in [-0.15, -0.1) is 0 Å². The standard InChI is InChI=1S/C12H14N2OS/c1-15-9-4-5-11-10(8-9)13-12(16-11)14-6-2-3-7-14/h4-5,8H,2-3,6-7H2,1H3. The van der Waals surface area contributed by atoms with Crippen molar-refractivity contribution in [2.24, 2.45) is 0 Å². The number of anilines is 1. The number of nitrogens with zero attached hydrogens (tertiary/aromatic N) is 2. The van der Waals surface area contributed by atoms with Crippen molar-refractivity contribution in [3.63, 3.8) is 0 Å². The van der Waals surface area contributed by atoms with Crippen molar-refractivity contribution in [2.75, 3.05) is 25.1 Å². The number of ether oxygens (including phenoxy) is 1. The summed E-state index contributed by atoms with van der Waals surface area (Å²) in [5.41, 5.74) is 1.05. The molecular weight excluding hydrogens is 220 g/mol. The zero-order valence-corrected chi connectivity index (χ0v) is 10.1. The summed E-state index contributed by atoms with van der Waals surface area (Å²) in [4.78, 5) is 7.04. The Hall–Kier alpha value is -1.29. The Morgan fingerprint density at radius 2 is 2.12 bits per heavy atom. The Bertz CT molecular complexity index is 503. The van der Waals surface area contributed by atoms with E-state index in [4.69, 9.17) is 4.74 Å². The third-order valence-corrected chi connectivity index (χ3v) is 4.06. The molecule has 1 fully saturated rings. The summed E-state index contributed by atoms with van der Waals surface area (Å²) >= 11 is 1.77. The van der Waals surface area contributed by atoms with E-state index < -0.39 is 0 Å². The van der Waals surface area contributed by atoms with Crippen LogP contribution in [0.5, 0.6) is 5.75 Å². The molecule has 84 valence electrons. The monoisotopic (exact) mass is 234 g/mol. The topological polar surface area (TPSA) is 25.4 Å². The molecule has 0 radical (unpaired) electrons. The normalized spacial score (nSPS) is 15.9. The van der Waals surface area contributed by atoms with Crippen LogP contribution in [-0.2, 0) is 0 Å². The van der Waals surface area contributed by atoms with Gasteiger partial charge < -0.3 is 9.64 Å². The van der Waals surface area contributed by atoms with Gasteiger partial charge in [0, 0.05) is 19.2 Å². The zero-order valence-electron chi connectivity index (χ0n) is 9.27. The average Bonchev–Trinajstić information content (AvgIpc) is 2.96. The fraction of sp³-hybridized carbons (Fsp3) is 0.417. The molecule has 0 amide bonds. The summed E-state index contributed by atoms with van der Waals surface area (Å²) in [6.07, 6.45) is 2.58. The molecule has 0 bridgehead atoms. The van der Waals surface area contributed by atoms with E-state index in [0.717, 1.165) is 29.5 Å². The van der Waals surface area contributed by atoms with Crippen LogP contribution in [0.15, 0.2) is 18.2 Å². The Morgan fingerprint density at radius 1 is 1.31 bits per heavy atom. The molecular formula is C12H14N2OS. The molecule has 0 N–H and O–H groups in total. The number of thiazole rings is 1. The Balaban J connectivity index is 2.01. The highest BCUT2D eigenvalue weighted by Gasteiger charge is 2.16. The average molecular weight is 234 g/mol. The maximum Gasteiger partial charge on any atom is 0.186 e. The van der Waals surface area contributed by atoms with E-state index in [-0.39, 0.29) is 0 Å². The fourth-order valence-electron chi connectivity index (χ4n) is 2.07. The first-order valence-electron chi connectivity index (χ1n) is 5.56. The van der Waals surface area contributed by atoms with Gasteiger partial charge in [-0.3, -0.25) is 0 Å². The molecule has 0 spiro atoms. The number of hydrogen-bond donors (Lipinski definition) is 0. The third kappa shape index (κ3) is 1.63. The summed E-state index contributed by atoms with van der Waals surface area (Å²) in [5.74, 6) is 0.880. The molecule has 16 heavy (non-hydrogen) atoms. The molecule has 3 rings (SSSR count). The second-order valence-electron chi connectivity index (χ2n) is 4.02. The highest BCUT2D eigenvalue weighted by atomic mass is 32.1. The van der Waals surface area contributed by atoms with E-state index in [1.54, 1.807) is 18.4 Å². The molecule has 3 nitrogen and oxygen atoms in total. The molecule has 1 aromatic heterocycles. The third-order valence-electron chi connectivity index (χ3n) is 2.96. The lowest BCUT2D eigenvalue weighted by Gasteiger charge is -2.11. The number of fused-ring (bicyclic) bond motifs is 1. The van der Waals surface area contributed by atoms with Gasteiger partial charge in [-0.2, -0.15) is 0 Å². The minimum absolute atomic E-state index is 0.880. The molecule has 0 atom stereocenters. The molecule has 1 aliphatic rings. The second-order valence-corrected chi connectivity index (χ2v) is 5.03. The van der Waals surface area contributed by atoms with Crippen molar-refractivity contribution in [1.29, 1.82) is 0 Å². The smallest absolute Gasteiger partial charge is 0.186 e. The van der Waals surface area contributed by atoms with Crippen LogP contribution in [0, 0.1) is 0 Å². The first kappa shape index (κ1) is 9.90. The van der Waals surface area contributed by atoms with Crippen molar-refractivity contribution in [1.82, 2.24) is 4.98 Å². The molecule has 1 aliphatic heterocycles. The van der Waals surface area contributed by atoms with Gasteiger partial charge in [0.1, 0.15) is 5.75 Å². The van der Waals surface area contributed by atoms with E-state index in [1.807, 2.05) is 12.1 Å². The lowest BCUT2D eigenvalue weighted by molar-refractivity contribution is 0.415. The van der Waals surface area contributed by atoms with Crippen molar-refractivity contribution in [2.45, 2.75) is 12.8 Å². The van der Waals surface area contributed by atoms with Gasteiger partial charge in [0.25, 0.3) is 0 Å². The summed E-state index contributed by atoms with van der Waals surface area (Å²) < 4.78 is 6.45. The summed E-state index contributed by atoms with van der Waals surface area (Å²) in [5, 5.41) is 1.15. The van der Waals surface area contributed by atoms with Crippen LogP contribution in [0.25, 0.3) is 10.2 Å². The van der Waals surface area contributed by atoms with Crippen LogP contribution in [0.4, 0.5) is 5.13 Å². The molecule has 2 heterocycles. The predicted molar refractivity (Wildman–Crippen MR) is 67.6 cm³/mol. The van der Waals surface area contributed by atoms with Gasteiger partial charge in [0.05, 0.1) is 17.3 Å². The lowest BCUT2D eigenvalue weighted by Crippen LogP contribution is -2.16. The Morgan fingerprint density at radius 3 is 2.88 bits per heavy atom. The molecule has 2 aromatic rings. The van der Waals surface area contributed by atoms with Gasteiger partial charge in [0.15, 0.2) is 5.13 Å². The lowest BCUT2D eigenvalue weighted by atomic mass is 10.3. The predicted octanol–water partition coefficient (Wildman–Crippen LogP) is 2.91. The highest BCUT2D eigenvalue weighted by Crippen LogP contribution is 2.32. The van der Waals surface area contributed by atoms with Crippen LogP contribution in [0.2, 0.25) is 0 Å². The zero-order chi connectivity index (χ0) is 11.0. The van der Waals surface area contributed by atoms with Crippen molar-refractivity contribution in [3.8, 4) is 5.75 Å². The van der Waals surface area contributed by atoms with Crippen LogP contribution in [0.1, 0.15) is 12.8 Å². The molecule has 4 heteroatoms. The molecule has 0 unspecified atom stereocenters. The summed E-state index contributed by atoms with van der Waals surface area (Å²) in [6, 6.07) is 6.09. The molecule has 0 saturated carbocycles. The first-order valence-corrected chi connectivity index (χ1v) is 6.38. The van der Waals surface area contributed by atoms with Gasteiger partial charge in [-0.25, -0.2) is 4.98 Å². The molecule has 1 saturated heterocycles. The van der Waals surface area contributed by atoms with Crippen LogP contribution in [0.3, 0.4) is 0 Å². The quantitative estimate of drug-likeness (QED) is 0.799. The summed E-state index contributed by atoms with van der Waals surface area (Å²) in [6.45, 7) is 2.30. The van der Waals surface area contributed by atoms with Crippen LogP contribution in [-0.4, -0.2) is 25.2 Å². The van der Waals surface area contributed by atoms with Crippen molar-refractivity contribution < 1.29 is 4.74 Å².